The Hall–Kier alpha value is -4.93. The molecule has 0 aliphatic carbocycles. The maximum Gasteiger partial charge on any atom is 0.254 e. The smallest absolute Gasteiger partial charge is 0.254 e. The van der Waals surface area contributed by atoms with Gasteiger partial charge in [-0.3, -0.25) is 19.1 Å². The van der Waals surface area contributed by atoms with Gasteiger partial charge in [0.15, 0.2) is 0 Å². The summed E-state index contributed by atoms with van der Waals surface area (Å²) >= 11 is 0. The summed E-state index contributed by atoms with van der Waals surface area (Å²) in [6.07, 6.45) is 4.58. The van der Waals surface area contributed by atoms with Crippen LogP contribution in [0.25, 0.3) is 11.4 Å². The molecular weight excluding hydrogens is 582 g/mol. The summed E-state index contributed by atoms with van der Waals surface area (Å²) in [6, 6.07) is 16.4. The van der Waals surface area contributed by atoms with Gasteiger partial charge in [0, 0.05) is 48.8 Å². The van der Waals surface area contributed by atoms with Gasteiger partial charge in [-0.25, -0.2) is 4.98 Å². The van der Waals surface area contributed by atoms with E-state index >= 15 is 0 Å². The number of imidazole rings is 1. The van der Waals surface area contributed by atoms with Crippen LogP contribution in [0.3, 0.4) is 0 Å². The standard InChI is InChI=1S/C35H43N7O4/c1-24(2)18-31-34(44)37-13-16-40-15-12-36-33(40)28-9-6-11-30(21-28)46-17-7-14-41(23-32(43)38-31)35(45)29-10-5-8-27(20-29)22-42-26(4)19-25(3)39-42/h5-6,8-12,15,19-21,24,31H,7,13-14,16-18,22-23H2,1-4H3,(H,37,44)(H,38,43)/t31-/m1/s1. The Morgan fingerprint density at radius 1 is 1.07 bits per heavy atom. The summed E-state index contributed by atoms with van der Waals surface area (Å²) in [5.74, 6) is 0.712. The molecule has 242 valence electrons. The molecule has 1 atom stereocenters. The van der Waals surface area contributed by atoms with Gasteiger partial charge in [0.25, 0.3) is 5.91 Å². The van der Waals surface area contributed by atoms with Crippen molar-refractivity contribution < 1.29 is 19.1 Å². The van der Waals surface area contributed by atoms with Crippen molar-refractivity contribution in [1.82, 2.24) is 34.9 Å². The summed E-state index contributed by atoms with van der Waals surface area (Å²) in [5, 5.41) is 10.4. The van der Waals surface area contributed by atoms with E-state index in [-0.39, 0.29) is 30.2 Å². The summed E-state index contributed by atoms with van der Waals surface area (Å²) in [7, 11) is 0. The maximum atomic E-state index is 13.9. The van der Waals surface area contributed by atoms with Crippen LogP contribution in [-0.4, -0.2) is 74.2 Å². The van der Waals surface area contributed by atoms with E-state index < -0.39 is 6.04 Å². The number of rotatable bonds is 5. The number of nitrogens with one attached hydrogen (secondary N) is 2. The topological polar surface area (TPSA) is 123 Å². The molecule has 2 bridgehead atoms. The first-order chi connectivity index (χ1) is 22.2. The third kappa shape index (κ3) is 8.41. The molecule has 4 aromatic rings. The second kappa shape index (κ2) is 14.9. The first-order valence-electron chi connectivity index (χ1n) is 15.9. The number of fused-ring (bicyclic) bond motifs is 4. The minimum atomic E-state index is -0.727. The molecule has 2 aromatic carbocycles. The number of aryl methyl sites for hydroxylation is 2. The van der Waals surface area contributed by atoms with Crippen molar-refractivity contribution in [3.8, 4) is 17.1 Å². The monoisotopic (exact) mass is 625 g/mol. The Morgan fingerprint density at radius 2 is 1.89 bits per heavy atom. The van der Waals surface area contributed by atoms with Crippen LogP contribution in [0.15, 0.2) is 67.0 Å². The molecule has 1 aliphatic rings. The predicted molar refractivity (Wildman–Crippen MR) is 175 cm³/mol. The Kier molecular flexibility index (Phi) is 10.5. The zero-order chi connectivity index (χ0) is 32.6. The molecule has 46 heavy (non-hydrogen) atoms. The van der Waals surface area contributed by atoms with Gasteiger partial charge < -0.3 is 24.8 Å². The highest BCUT2D eigenvalue weighted by molar-refractivity contribution is 5.97. The molecule has 0 fully saturated rings. The van der Waals surface area contributed by atoms with Crippen molar-refractivity contribution in [3.05, 3.63) is 89.5 Å². The molecule has 2 N–H and O–H groups in total. The highest BCUT2D eigenvalue weighted by Gasteiger charge is 2.25. The number of carbonyl (C=O) groups is 3. The van der Waals surface area contributed by atoms with Gasteiger partial charge in [0.2, 0.25) is 11.8 Å². The number of nitrogens with zero attached hydrogens (tertiary/aromatic N) is 5. The van der Waals surface area contributed by atoms with Crippen LogP contribution in [-0.2, 0) is 22.7 Å². The molecule has 3 amide bonds. The molecule has 1 aliphatic heterocycles. The summed E-state index contributed by atoms with van der Waals surface area (Å²) in [4.78, 5) is 46.6. The van der Waals surface area contributed by atoms with E-state index in [2.05, 4.69) is 20.7 Å². The summed E-state index contributed by atoms with van der Waals surface area (Å²) in [5.41, 5.74) is 4.28. The molecule has 0 saturated heterocycles. The van der Waals surface area contributed by atoms with Gasteiger partial charge in [-0.15, -0.1) is 0 Å². The quantitative estimate of drug-likeness (QED) is 0.346. The number of aromatic nitrogens is 4. The van der Waals surface area contributed by atoms with Crippen molar-refractivity contribution in [2.24, 2.45) is 5.92 Å². The fourth-order valence-electron chi connectivity index (χ4n) is 5.70. The fraction of sp³-hybridized carbons (Fsp3) is 0.400. The van der Waals surface area contributed by atoms with Crippen molar-refractivity contribution in [2.75, 3.05) is 26.2 Å². The van der Waals surface area contributed by atoms with E-state index in [4.69, 9.17) is 4.74 Å². The van der Waals surface area contributed by atoms with Crippen LogP contribution in [0.1, 0.15) is 54.0 Å². The average Bonchev–Trinajstić information content (AvgIpc) is 3.62. The Bertz CT molecular complexity index is 1670. The van der Waals surface area contributed by atoms with E-state index in [1.165, 1.54) is 4.90 Å². The minimum absolute atomic E-state index is 0.168. The molecule has 5 rings (SSSR count). The molecule has 2 aromatic heterocycles. The second-order valence-electron chi connectivity index (χ2n) is 12.2. The Labute approximate surface area is 270 Å². The van der Waals surface area contributed by atoms with E-state index in [0.717, 1.165) is 28.3 Å². The van der Waals surface area contributed by atoms with Gasteiger partial charge >= 0.3 is 0 Å². The molecule has 0 radical (unpaired) electrons. The van der Waals surface area contributed by atoms with E-state index in [9.17, 15) is 14.4 Å². The molecule has 0 unspecified atom stereocenters. The Morgan fingerprint density at radius 3 is 2.67 bits per heavy atom. The number of hydrogen-bond donors (Lipinski definition) is 2. The van der Waals surface area contributed by atoms with Crippen molar-refractivity contribution >= 4 is 17.7 Å². The first-order valence-corrected chi connectivity index (χ1v) is 15.9. The zero-order valence-corrected chi connectivity index (χ0v) is 27.0. The number of carbonyl (C=O) groups excluding carboxylic acids is 3. The molecule has 11 heteroatoms. The van der Waals surface area contributed by atoms with Crippen LogP contribution < -0.4 is 15.4 Å². The number of hydrogen-bond acceptors (Lipinski definition) is 6. The third-order valence-corrected chi connectivity index (χ3v) is 7.89. The number of amides is 3. The molecule has 0 saturated carbocycles. The minimum Gasteiger partial charge on any atom is -0.494 e. The van der Waals surface area contributed by atoms with Gasteiger partial charge in [0.1, 0.15) is 17.6 Å². The predicted octanol–water partition coefficient (Wildman–Crippen LogP) is 3.98. The SMILES string of the molecule is Cc1cc(C)n(Cc2cccc(C(=O)N3CCCOc4cccc(c4)-c4nccn4CCNC(=O)[C@@H](CC(C)C)NC(=O)C3)c2)n1. The molecular formula is C35H43N7O4. The van der Waals surface area contributed by atoms with E-state index in [0.29, 0.717) is 56.9 Å². The lowest BCUT2D eigenvalue weighted by Crippen LogP contribution is -2.51. The van der Waals surface area contributed by atoms with Crippen LogP contribution >= 0.6 is 0 Å². The first kappa shape index (κ1) is 32.5. The van der Waals surface area contributed by atoms with Crippen LogP contribution in [0, 0.1) is 19.8 Å². The highest BCUT2D eigenvalue weighted by atomic mass is 16.5. The largest absolute Gasteiger partial charge is 0.494 e. The van der Waals surface area contributed by atoms with Gasteiger partial charge in [0.05, 0.1) is 25.4 Å². The van der Waals surface area contributed by atoms with Crippen molar-refractivity contribution in [1.29, 1.82) is 0 Å². The fourth-order valence-corrected chi connectivity index (χ4v) is 5.70. The van der Waals surface area contributed by atoms with Gasteiger partial charge in [-0.2, -0.15) is 5.10 Å². The van der Waals surface area contributed by atoms with Crippen LogP contribution in [0.5, 0.6) is 5.75 Å². The Balaban J connectivity index is 1.38. The number of ether oxygens (including phenoxy) is 1. The normalized spacial score (nSPS) is 16.5. The van der Waals surface area contributed by atoms with Crippen LogP contribution in [0.4, 0.5) is 0 Å². The summed E-state index contributed by atoms with van der Waals surface area (Å²) < 4.78 is 9.96. The average molecular weight is 626 g/mol. The number of benzene rings is 2. The lowest BCUT2D eigenvalue weighted by atomic mass is 10.0. The molecule has 3 heterocycles. The van der Waals surface area contributed by atoms with Gasteiger partial charge in [-0.05, 0) is 68.5 Å². The lowest BCUT2D eigenvalue weighted by Gasteiger charge is -2.25. The third-order valence-electron chi connectivity index (χ3n) is 7.89. The van der Waals surface area contributed by atoms with Crippen molar-refractivity contribution in [2.45, 2.75) is 59.7 Å². The zero-order valence-electron chi connectivity index (χ0n) is 27.0. The highest BCUT2D eigenvalue weighted by Crippen LogP contribution is 2.23. The lowest BCUT2D eigenvalue weighted by molar-refractivity contribution is -0.129. The van der Waals surface area contributed by atoms with E-state index in [1.54, 1.807) is 12.3 Å². The summed E-state index contributed by atoms with van der Waals surface area (Å²) in [6.45, 7) is 9.82. The molecule has 11 nitrogen and oxygen atoms in total. The van der Waals surface area contributed by atoms with Crippen molar-refractivity contribution in [3.63, 3.8) is 0 Å². The van der Waals surface area contributed by atoms with Gasteiger partial charge in [-0.1, -0.05) is 38.1 Å². The second-order valence-corrected chi connectivity index (χ2v) is 12.2. The van der Waals surface area contributed by atoms with Crippen LogP contribution in [0.2, 0.25) is 0 Å². The molecule has 0 spiro atoms. The van der Waals surface area contributed by atoms with E-state index in [1.807, 2.05) is 91.7 Å². The maximum absolute atomic E-state index is 13.9.